The zero-order chi connectivity index (χ0) is 16.1. The fourth-order valence-corrected chi connectivity index (χ4v) is 2.03. The number of hydrogen-bond acceptors (Lipinski definition) is 5. The van der Waals surface area contributed by atoms with Crippen molar-refractivity contribution in [3.63, 3.8) is 0 Å². The molecule has 0 aliphatic rings. The molecule has 0 fully saturated rings. The molecule has 6 nitrogen and oxygen atoms in total. The topological polar surface area (TPSA) is 83.8 Å². The maximum atomic E-state index is 8.78. The minimum absolute atomic E-state index is 0.332. The molecule has 1 heterocycles. The molecule has 0 atom stereocenters. The Bertz CT molecular complexity index is 826. The highest BCUT2D eigenvalue weighted by molar-refractivity contribution is 6.32. The van der Waals surface area contributed by atoms with Crippen LogP contribution >= 0.6 is 11.6 Å². The molecule has 23 heavy (non-hydrogen) atoms. The van der Waals surface area contributed by atoms with Crippen LogP contribution in [0.4, 0.5) is 0 Å². The van der Waals surface area contributed by atoms with Gasteiger partial charge in [-0.1, -0.05) is 23.7 Å². The molecule has 0 bridgehead atoms. The van der Waals surface area contributed by atoms with Crippen LogP contribution < -0.4 is 9.47 Å². The number of nitriles is 1. The van der Waals surface area contributed by atoms with E-state index in [1.165, 1.54) is 6.20 Å². The van der Waals surface area contributed by atoms with Gasteiger partial charge in [-0.25, -0.2) is 0 Å². The summed E-state index contributed by atoms with van der Waals surface area (Å²) in [4.78, 5) is 0. The van der Waals surface area contributed by atoms with Crippen molar-refractivity contribution < 1.29 is 9.47 Å². The lowest BCUT2D eigenvalue weighted by Gasteiger charge is -2.10. The molecule has 2 aromatic carbocycles. The van der Waals surface area contributed by atoms with Crippen LogP contribution in [0.2, 0.25) is 5.02 Å². The summed E-state index contributed by atoms with van der Waals surface area (Å²) in [6, 6.07) is 14.3. The zero-order valence-corrected chi connectivity index (χ0v) is 12.6. The summed E-state index contributed by atoms with van der Waals surface area (Å²) in [5.41, 5.74) is 1.54. The number of rotatable bonds is 5. The van der Waals surface area contributed by atoms with Crippen molar-refractivity contribution in [1.29, 1.82) is 5.26 Å². The van der Waals surface area contributed by atoms with Gasteiger partial charge in [0.1, 0.15) is 24.3 Å². The van der Waals surface area contributed by atoms with Crippen LogP contribution in [0.25, 0.3) is 0 Å². The molecule has 0 amide bonds. The third-order valence-electron chi connectivity index (χ3n) is 3.00. The lowest BCUT2D eigenvalue weighted by Crippen LogP contribution is -1.96. The van der Waals surface area contributed by atoms with E-state index in [4.69, 9.17) is 26.3 Å². The molecular formula is C16H11ClN4O2. The second-order valence-corrected chi connectivity index (χ2v) is 5.01. The van der Waals surface area contributed by atoms with Gasteiger partial charge in [0.05, 0.1) is 16.7 Å². The first-order chi connectivity index (χ1) is 11.2. The molecule has 0 aliphatic carbocycles. The predicted molar refractivity (Wildman–Crippen MR) is 83.4 cm³/mol. The van der Waals surface area contributed by atoms with Crippen LogP contribution in [0, 0.1) is 11.3 Å². The van der Waals surface area contributed by atoms with Crippen LogP contribution in [0.3, 0.4) is 0 Å². The van der Waals surface area contributed by atoms with Crippen LogP contribution in [-0.2, 0) is 6.61 Å². The van der Waals surface area contributed by atoms with E-state index in [-0.39, 0.29) is 0 Å². The smallest absolute Gasteiger partial charge is 0.258 e. The molecule has 114 valence electrons. The Balaban J connectivity index is 1.70. The van der Waals surface area contributed by atoms with Crippen molar-refractivity contribution in [3.8, 4) is 23.4 Å². The van der Waals surface area contributed by atoms with Gasteiger partial charge in [0.25, 0.3) is 5.88 Å². The van der Waals surface area contributed by atoms with Gasteiger partial charge in [-0.3, -0.25) is 0 Å². The monoisotopic (exact) mass is 326 g/mol. The third-order valence-corrected chi connectivity index (χ3v) is 3.31. The van der Waals surface area contributed by atoms with Crippen molar-refractivity contribution >= 4 is 11.6 Å². The molecule has 0 aliphatic heterocycles. The third kappa shape index (κ3) is 3.78. The van der Waals surface area contributed by atoms with Gasteiger partial charge in [-0.2, -0.15) is 15.6 Å². The Kier molecular flexibility index (Phi) is 4.41. The van der Waals surface area contributed by atoms with Gasteiger partial charge in [-0.15, -0.1) is 5.10 Å². The number of benzene rings is 2. The van der Waals surface area contributed by atoms with Crippen LogP contribution in [0.1, 0.15) is 11.1 Å². The summed E-state index contributed by atoms with van der Waals surface area (Å²) < 4.78 is 11.2. The Hall–Kier alpha value is -3.04. The molecule has 0 unspecified atom stereocenters. The van der Waals surface area contributed by atoms with Crippen molar-refractivity contribution in [1.82, 2.24) is 15.4 Å². The minimum atomic E-state index is 0.332. The van der Waals surface area contributed by atoms with Crippen LogP contribution in [0.5, 0.6) is 17.4 Å². The van der Waals surface area contributed by atoms with Gasteiger partial charge in [0, 0.05) is 6.07 Å². The van der Waals surface area contributed by atoms with E-state index in [9.17, 15) is 0 Å². The highest BCUT2D eigenvalue weighted by Crippen LogP contribution is 2.31. The van der Waals surface area contributed by atoms with E-state index in [1.807, 2.05) is 12.1 Å². The van der Waals surface area contributed by atoms with Crippen molar-refractivity contribution in [2.45, 2.75) is 6.61 Å². The summed E-state index contributed by atoms with van der Waals surface area (Å²) in [5, 5.41) is 19.2. The van der Waals surface area contributed by atoms with E-state index in [0.717, 1.165) is 5.56 Å². The number of nitrogens with one attached hydrogen (secondary N) is 1. The number of aromatic amines is 1. The molecule has 7 heteroatoms. The molecule has 1 aromatic heterocycles. The van der Waals surface area contributed by atoms with E-state index in [2.05, 4.69) is 21.5 Å². The molecule has 0 spiro atoms. The van der Waals surface area contributed by atoms with Gasteiger partial charge in [-0.05, 0) is 29.8 Å². The van der Waals surface area contributed by atoms with E-state index in [0.29, 0.717) is 34.6 Å². The molecule has 3 aromatic rings. The second kappa shape index (κ2) is 6.81. The Labute approximate surface area is 137 Å². The van der Waals surface area contributed by atoms with E-state index in [1.54, 1.807) is 30.3 Å². The number of nitrogens with zero attached hydrogens (tertiary/aromatic N) is 3. The van der Waals surface area contributed by atoms with Crippen LogP contribution in [0.15, 0.2) is 48.7 Å². The first-order valence-electron chi connectivity index (χ1n) is 6.69. The fraction of sp³-hybridized carbons (Fsp3) is 0.0625. The molecular weight excluding hydrogens is 316 g/mol. The number of ether oxygens (including phenoxy) is 2. The Morgan fingerprint density at radius 3 is 2.70 bits per heavy atom. The van der Waals surface area contributed by atoms with Crippen LogP contribution in [-0.4, -0.2) is 15.4 Å². The Morgan fingerprint density at radius 2 is 2.00 bits per heavy atom. The maximum Gasteiger partial charge on any atom is 0.258 e. The quantitative estimate of drug-likeness (QED) is 0.772. The Morgan fingerprint density at radius 1 is 1.17 bits per heavy atom. The standard InChI is InChI=1S/C16H11ClN4O2/c17-14-6-5-13(23-16-9-19-21-20-16)7-15(14)22-10-12-3-1-11(8-18)2-4-12/h1-7,9H,10H2,(H,19,20,21). The number of aromatic nitrogens is 3. The predicted octanol–water partition coefficient (Wildman–Crippen LogP) is 3.70. The van der Waals surface area contributed by atoms with Crippen molar-refractivity contribution in [3.05, 3.63) is 64.8 Å². The average molecular weight is 327 g/mol. The number of H-pyrrole nitrogens is 1. The van der Waals surface area contributed by atoms with E-state index < -0.39 is 0 Å². The first-order valence-corrected chi connectivity index (χ1v) is 7.07. The maximum absolute atomic E-state index is 8.78. The first kappa shape index (κ1) is 14.9. The summed E-state index contributed by atoms with van der Waals surface area (Å²) in [5.74, 6) is 1.39. The highest BCUT2D eigenvalue weighted by Gasteiger charge is 2.07. The summed E-state index contributed by atoms with van der Waals surface area (Å²) in [6.07, 6.45) is 1.46. The van der Waals surface area contributed by atoms with E-state index >= 15 is 0 Å². The van der Waals surface area contributed by atoms with Crippen molar-refractivity contribution in [2.24, 2.45) is 0 Å². The molecule has 0 radical (unpaired) electrons. The number of halogens is 1. The molecule has 1 N–H and O–H groups in total. The summed E-state index contributed by atoms with van der Waals surface area (Å²) >= 11 is 6.13. The summed E-state index contributed by atoms with van der Waals surface area (Å²) in [7, 11) is 0. The average Bonchev–Trinajstić information content (AvgIpc) is 3.09. The molecule has 0 saturated heterocycles. The second-order valence-electron chi connectivity index (χ2n) is 4.60. The number of hydrogen-bond donors (Lipinski definition) is 1. The molecule has 3 rings (SSSR count). The SMILES string of the molecule is N#Cc1ccc(COc2cc(Oc3cn[nH]n3)ccc2Cl)cc1. The summed E-state index contributed by atoms with van der Waals surface area (Å²) in [6.45, 7) is 0.332. The van der Waals surface area contributed by atoms with Gasteiger partial charge >= 0.3 is 0 Å². The lowest BCUT2D eigenvalue weighted by molar-refractivity contribution is 0.304. The van der Waals surface area contributed by atoms with Gasteiger partial charge in [0.2, 0.25) is 0 Å². The van der Waals surface area contributed by atoms with Gasteiger partial charge < -0.3 is 9.47 Å². The molecule has 0 saturated carbocycles. The normalized spacial score (nSPS) is 10.1. The lowest BCUT2D eigenvalue weighted by atomic mass is 10.2. The van der Waals surface area contributed by atoms with Gasteiger partial charge in [0.15, 0.2) is 0 Å². The highest BCUT2D eigenvalue weighted by atomic mass is 35.5. The largest absolute Gasteiger partial charge is 0.487 e. The minimum Gasteiger partial charge on any atom is -0.487 e. The van der Waals surface area contributed by atoms with Crippen molar-refractivity contribution in [2.75, 3.05) is 0 Å². The fourth-order valence-electron chi connectivity index (χ4n) is 1.86. The zero-order valence-electron chi connectivity index (χ0n) is 11.9.